The molecule has 0 aliphatic heterocycles. The van der Waals surface area contributed by atoms with Crippen LogP contribution in [-0.2, 0) is 6.54 Å². The lowest BCUT2D eigenvalue weighted by atomic mass is 10.1. The highest BCUT2D eigenvalue weighted by Crippen LogP contribution is 2.28. The Morgan fingerprint density at radius 3 is 2.61 bits per heavy atom. The van der Waals surface area contributed by atoms with Gasteiger partial charge in [0.15, 0.2) is 11.5 Å². The number of rotatable bonds is 6. The molecule has 23 heavy (non-hydrogen) atoms. The number of carbonyl (C=O) groups excluding carboxylic acids is 1. The summed E-state index contributed by atoms with van der Waals surface area (Å²) in [6.45, 7) is 3.00. The molecule has 2 aromatic carbocycles. The summed E-state index contributed by atoms with van der Waals surface area (Å²) in [5.74, 6) is 1.35. The van der Waals surface area contributed by atoms with Gasteiger partial charge in [0.05, 0.1) is 13.7 Å². The fraction of sp³-hybridized carbons (Fsp3) is 0.278. The molecule has 5 heteroatoms. The van der Waals surface area contributed by atoms with E-state index in [4.69, 9.17) is 9.47 Å². The van der Waals surface area contributed by atoms with Gasteiger partial charge in [0.1, 0.15) is 0 Å². The Hall–Kier alpha value is -2.01. The second-order valence-corrected chi connectivity index (χ2v) is 6.01. The molecule has 2 aromatic rings. The van der Waals surface area contributed by atoms with Crippen LogP contribution in [0.4, 0.5) is 0 Å². The largest absolute Gasteiger partial charge is 0.493 e. The van der Waals surface area contributed by atoms with E-state index in [9.17, 15) is 4.79 Å². The number of hydrogen-bond donors (Lipinski definition) is 0. The minimum absolute atomic E-state index is 0.0286. The Labute approximate surface area is 145 Å². The van der Waals surface area contributed by atoms with Crippen molar-refractivity contribution in [3.8, 4) is 11.5 Å². The van der Waals surface area contributed by atoms with Crippen molar-refractivity contribution >= 4 is 21.8 Å². The number of methoxy groups -OCH3 is 1. The Morgan fingerprint density at radius 1 is 1.17 bits per heavy atom. The summed E-state index contributed by atoms with van der Waals surface area (Å²) in [6, 6.07) is 13.1. The number of ether oxygens (including phenoxy) is 2. The molecule has 4 nitrogen and oxygen atoms in total. The molecule has 0 aromatic heterocycles. The smallest absolute Gasteiger partial charge is 0.253 e. The highest BCUT2D eigenvalue weighted by molar-refractivity contribution is 9.10. The van der Waals surface area contributed by atoms with Crippen molar-refractivity contribution in [1.29, 1.82) is 0 Å². The SMILES string of the molecule is CCOc1ccc(CN(C)C(=O)c2cccc(Br)c2)cc1OC. The van der Waals surface area contributed by atoms with Crippen molar-refractivity contribution in [1.82, 2.24) is 4.90 Å². The van der Waals surface area contributed by atoms with Crippen LogP contribution in [0, 0.1) is 0 Å². The van der Waals surface area contributed by atoms with E-state index in [1.165, 1.54) is 0 Å². The first-order valence-corrected chi connectivity index (χ1v) is 8.15. The molecule has 0 aliphatic rings. The van der Waals surface area contributed by atoms with Crippen LogP contribution in [0.15, 0.2) is 46.9 Å². The quantitative estimate of drug-likeness (QED) is 0.759. The van der Waals surface area contributed by atoms with Crippen molar-refractivity contribution in [3.05, 3.63) is 58.1 Å². The van der Waals surface area contributed by atoms with E-state index >= 15 is 0 Å². The average Bonchev–Trinajstić information content (AvgIpc) is 2.55. The molecule has 0 aliphatic carbocycles. The van der Waals surface area contributed by atoms with Gasteiger partial charge in [0.25, 0.3) is 5.91 Å². The number of benzene rings is 2. The topological polar surface area (TPSA) is 38.8 Å². The standard InChI is InChI=1S/C18H20BrNO3/c1-4-23-16-9-8-13(10-17(16)22-3)12-20(2)18(21)14-6-5-7-15(19)11-14/h5-11H,4,12H2,1-3H3. The van der Waals surface area contributed by atoms with E-state index in [2.05, 4.69) is 15.9 Å². The molecule has 2 rings (SSSR count). The zero-order valence-corrected chi connectivity index (χ0v) is 15.1. The van der Waals surface area contributed by atoms with Crippen LogP contribution in [0.2, 0.25) is 0 Å². The van der Waals surface area contributed by atoms with Gasteiger partial charge in [-0.25, -0.2) is 0 Å². The lowest BCUT2D eigenvalue weighted by Crippen LogP contribution is -2.26. The van der Waals surface area contributed by atoms with Crippen LogP contribution in [0.25, 0.3) is 0 Å². The van der Waals surface area contributed by atoms with Gasteiger partial charge in [-0.05, 0) is 42.8 Å². The predicted molar refractivity (Wildman–Crippen MR) is 94.1 cm³/mol. The molecule has 0 heterocycles. The van der Waals surface area contributed by atoms with Gasteiger partial charge in [-0.3, -0.25) is 4.79 Å². The van der Waals surface area contributed by atoms with E-state index in [-0.39, 0.29) is 5.91 Å². The van der Waals surface area contributed by atoms with Crippen molar-refractivity contribution in [2.45, 2.75) is 13.5 Å². The highest BCUT2D eigenvalue weighted by atomic mass is 79.9. The van der Waals surface area contributed by atoms with Crippen LogP contribution in [-0.4, -0.2) is 31.6 Å². The van der Waals surface area contributed by atoms with E-state index in [1.54, 1.807) is 19.1 Å². The maximum absolute atomic E-state index is 12.5. The van der Waals surface area contributed by atoms with Crippen molar-refractivity contribution in [3.63, 3.8) is 0 Å². The van der Waals surface area contributed by atoms with Gasteiger partial charge in [-0.2, -0.15) is 0 Å². The number of nitrogens with zero attached hydrogens (tertiary/aromatic N) is 1. The van der Waals surface area contributed by atoms with E-state index < -0.39 is 0 Å². The third-order valence-corrected chi connectivity index (χ3v) is 3.86. The second kappa shape index (κ2) is 8.02. The third kappa shape index (κ3) is 4.48. The summed E-state index contributed by atoms with van der Waals surface area (Å²) in [4.78, 5) is 14.2. The van der Waals surface area contributed by atoms with Gasteiger partial charge >= 0.3 is 0 Å². The third-order valence-electron chi connectivity index (χ3n) is 3.37. The molecule has 1 amide bonds. The fourth-order valence-electron chi connectivity index (χ4n) is 2.27. The second-order valence-electron chi connectivity index (χ2n) is 5.09. The maximum atomic E-state index is 12.5. The zero-order chi connectivity index (χ0) is 16.8. The predicted octanol–water partition coefficient (Wildman–Crippen LogP) is 4.13. The highest BCUT2D eigenvalue weighted by Gasteiger charge is 2.13. The van der Waals surface area contributed by atoms with Crippen LogP contribution in [0.3, 0.4) is 0 Å². The number of hydrogen-bond acceptors (Lipinski definition) is 3. The molecular weight excluding hydrogens is 358 g/mol. The molecule has 0 radical (unpaired) electrons. The first-order valence-electron chi connectivity index (χ1n) is 7.36. The Morgan fingerprint density at radius 2 is 1.96 bits per heavy atom. The minimum atomic E-state index is -0.0286. The van der Waals surface area contributed by atoms with Gasteiger partial charge < -0.3 is 14.4 Å². The van der Waals surface area contributed by atoms with Gasteiger partial charge in [-0.15, -0.1) is 0 Å². The van der Waals surface area contributed by atoms with Crippen LogP contribution in [0.5, 0.6) is 11.5 Å². The monoisotopic (exact) mass is 377 g/mol. The van der Waals surface area contributed by atoms with Gasteiger partial charge in [0.2, 0.25) is 0 Å². The first kappa shape index (κ1) is 17.3. The molecule has 0 unspecified atom stereocenters. The van der Waals surface area contributed by atoms with Crippen molar-refractivity contribution in [2.75, 3.05) is 20.8 Å². The minimum Gasteiger partial charge on any atom is -0.493 e. The van der Waals surface area contributed by atoms with Crippen LogP contribution < -0.4 is 9.47 Å². The van der Waals surface area contributed by atoms with E-state index in [0.29, 0.717) is 30.2 Å². The van der Waals surface area contributed by atoms with Crippen LogP contribution in [0.1, 0.15) is 22.8 Å². The van der Waals surface area contributed by atoms with Crippen molar-refractivity contribution < 1.29 is 14.3 Å². The number of carbonyl (C=O) groups is 1. The molecule has 0 saturated carbocycles. The summed E-state index contributed by atoms with van der Waals surface area (Å²) in [5.41, 5.74) is 1.64. The molecule has 0 fully saturated rings. The van der Waals surface area contributed by atoms with Crippen LogP contribution >= 0.6 is 15.9 Å². The lowest BCUT2D eigenvalue weighted by molar-refractivity contribution is 0.0785. The summed E-state index contributed by atoms with van der Waals surface area (Å²) in [5, 5.41) is 0. The number of halogens is 1. The summed E-state index contributed by atoms with van der Waals surface area (Å²) >= 11 is 3.39. The Kier molecular flexibility index (Phi) is 6.04. The zero-order valence-electron chi connectivity index (χ0n) is 13.5. The fourth-order valence-corrected chi connectivity index (χ4v) is 2.67. The summed E-state index contributed by atoms with van der Waals surface area (Å²) < 4.78 is 11.7. The van der Waals surface area contributed by atoms with E-state index in [0.717, 1.165) is 10.0 Å². The molecule has 122 valence electrons. The van der Waals surface area contributed by atoms with E-state index in [1.807, 2.05) is 49.4 Å². The Balaban J connectivity index is 2.13. The number of amides is 1. The molecule has 0 bridgehead atoms. The molecule has 0 spiro atoms. The molecular formula is C18H20BrNO3. The summed E-state index contributed by atoms with van der Waals surface area (Å²) in [6.07, 6.45) is 0. The molecule has 0 saturated heterocycles. The lowest BCUT2D eigenvalue weighted by Gasteiger charge is -2.18. The Bertz CT molecular complexity index is 688. The average molecular weight is 378 g/mol. The molecule has 0 N–H and O–H groups in total. The van der Waals surface area contributed by atoms with Gasteiger partial charge in [-0.1, -0.05) is 28.1 Å². The normalized spacial score (nSPS) is 10.3. The van der Waals surface area contributed by atoms with Gasteiger partial charge in [0, 0.05) is 23.6 Å². The summed E-state index contributed by atoms with van der Waals surface area (Å²) in [7, 11) is 3.39. The maximum Gasteiger partial charge on any atom is 0.253 e. The molecule has 0 atom stereocenters. The first-order chi connectivity index (χ1) is 11.0. The van der Waals surface area contributed by atoms with Crippen molar-refractivity contribution in [2.24, 2.45) is 0 Å².